The third-order valence-electron chi connectivity index (χ3n) is 4.90. The number of hydrogen-bond acceptors (Lipinski definition) is 3. The van der Waals surface area contributed by atoms with E-state index in [2.05, 4.69) is 10.2 Å². The lowest BCUT2D eigenvalue weighted by Gasteiger charge is -2.31. The van der Waals surface area contributed by atoms with Crippen LogP contribution in [-0.2, 0) is 6.54 Å². The zero-order valence-electron chi connectivity index (χ0n) is 14.7. The van der Waals surface area contributed by atoms with Crippen molar-refractivity contribution in [1.29, 1.82) is 0 Å². The first-order chi connectivity index (χ1) is 12.1. The average Bonchev–Trinajstić information content (AvgIpc) is 2.65. The normalized spacial score (nSPS) is 15.9. The molecule has 0 aliphatic carbocycles. The van der Waals surface area contributed by atoms with Crippen LogP contribution in [0, 0.1) is 12.8 Å². The van der Waals surface area contributed by atoms with Crippen LogP contribution in [0.1, 0.15) is 34.3 Å². The lowest BCUT2D eigenvalue weighted by molar-refractivity contribution is 0.102. The van der Waals surface area contributed by atoms with Gasteiger partial charge in [0.15, 0.2) is 0 Å². The van der Waals surface area contributed by atoms with Crippen molar-refractivity contribution in [2.75, 3.05) is 25.0 Å². The van der Waals surface area contributed by atoms with Gasteiger partial charge in [0.2, 0.25) is 0 Å². The van der Waals surface area contributed by atoms with E-state index in [1.54, 1.807) is 0 Å². The van der Waals surface area contributed by atoms with E-state index in [9.17, 15) is 9.90 Å². The Morgan fingerprint density at radius 2 is 1.72 bits per heavy atom. The van der Waals surface area contributed by atoms with Gasteiger partial charge in [-0.05, 0) is 68.6 Å². The maximum atomic E-state index is 12.3. The van der Waals surface area contributed by atoms with Gasteiger partial charge in [-0.1, -0.05) is 29.8 Å². The molecule has 0 saturated carbocycles. The molecule has 0 aromatic heterocycles. The Balaban J connectivity index is 1.54. The average molecular weight is 338 g/mol. The molecule has 4 heteroatoms. The molecule has 1 saturated heterocycles. The molecule has 1 amide bonds. The van der Waals surface area contributed by atoms with Crippen LogP contribution in [0.25, 0.3) is 0 Å². The zero-order valence-corrected chi connectivity index (χ0v) is 14.7. The van der Waals surface area contributed by atoms with Gasteiger partial charge in [0.05, 0.1) is 0 Å². The van der Waals surface area contributed by atoms with Gasteiger partial charge in [0.25, 0.3) is 5.91 Å². The highest BCUT2D eigenvalue weighted by molar-refractivity contribution is 6.04. The topological polar surface area (TPSA) is 52.6 Å². The Labute approximate surface area is 149 Å². The SMILES string of the molecule is Cc1ccc(NC(=O)c2ccc(CN3CCC(CO)CC3)cc2)cc1. The Bertz CT molecular complexity index is 687. The number of carbonyl (C=O) groups excluding carboxylic acids is 1. The Morgan fingerprint density at radius 3 is 2.32 bits per heavy atom. The van der Waals surface area contributed by atoms with Gasteiger partial charge < -0.3 is 10.4 Å². The molecular formula is C21H26N2O2. The van der Waals surface area contributed by atoms with Gasteiger partial charge in [-0.15, -0.1) is 0 Å². The summed E-state index contributed by atoms with van der Waals surface area (Å²) in [5, 5.41) is 12.1. The van der Waals surface area contributed by atoms with Gasteiger partial charge >= 0.3 is 0 Å². The van der Waals surface area contributed by atoms with Crippen molar-refractivity contribution in [2.24, 2.45) is 5.92 Å². The number of nitrogens with one attached hydrogen (secondary N) is 1. The number of rotatable bonds is 5. The Hall–Kier alpha value is -2.17. The Morgan fingerprint density at radius 1 is 1.08 bits per heavy atom. The molecule has 4 nitrogen and oxygen atoms in total. The number of aliphatic hydroxyl groups is 1. The van der Waals surface area contributed by atoms with E-state index in [0.29, 0.717) is 18.1 Å². The number of nitrogens with zero attached hydrogens (tertiary/aromatic N) is 1. The number of amides is 1. The number of piperidine rings is 1. The molecule has 2 aromatic rings. The first-order valence-electron chi connectivity index (χ1n) is 8.94. The summed E-state index contributed by atoms with van der Waals surface area (Å²) in [5.41, 5.74) is 3.87. The predicted octanol–water partition coefficient (Wildman–Crippen LogP) is 3.45. The quantitative estimate of drug-likeness (QED) is 0.878. The van der Waals surface area contributed by atoms with Crippen LogP contribution < -0.4 is 5.32 Å². The van der Waals surface area contributed by atoms with Crippen molar-refractivity contribution in [3.05, 3.63) is 65.2 Å². The van der Waals surface area contributed by atoms with Crippen LogP contribution in [0.15, 0.2) is 48.5 Å². The van der Waals surface area contributed by atoms with Gasteiger partial charge in [-0.3, -0.25) is 9.69 Å². The summed E-state index contributed by atoms with van der Waals surface area (Å²) in [5.74, 6) is 0.378. The monoisotopic (exact) mass is 338 g/mol. The fourth-order valence-corrected chi connectivity index (χ4v) is 3.19. The number of benzene rings is 2. The highest BCUT2D eigenvalue weighted by Gasteiger charge is 2.18. The number of anilines is 1. The molecule has 3 rings (SSSR count). The lowest BCUT2D eigenvalue weighted by Crippen LogP contribution is -2.34. The van der Waals surface area contributed by atoms with E-state index in [1.807, 2.05) is 55.5 Å². The van der Waals surface area contributed by atoms with Crippen molar-refractivity contribution in [3.8, 4) is 0 Å². The molecule has 1 aliphatic rings. The van der Waals surface area contributed by atoms with E-state index in [1.165, 1.54) is 11.1 Å². The van der Waals surface area contributed by atoms with Gasteiger partial charge in [-0.25, -0.2) is 0 Å². The molecule has 2 aromatic carbocycles. The molecule has 0 bridgehead atoms. The van der Waals surface area contributed by atoms with Gasteiger partial charge in [0, 0.05) is 24.4 Å². The minimum atomic E-state index is -0.0841. The molecule has 1 heterocycles. The maximum absolute atomic E-state index is 12.3. The number of carbonyl (C=O) groups is 1. The second kappa shape index (κ2) is 8.28. The van der Waals surface area contributed by atoms with Crippen molar-refractivity contribution >= 4 is 11.6 Å². The van der Waals surface area contributed by atoms with E-state index >= 15 is 0 Å². The van der Waals surface area contributed by atoms with Crippen LogP contribution in [0.2, 0.25) is 0 Å². The fraction of sp³-hybridized carbons (Fsp3) is 0.381. The second-order valence-corrected chi connectivity index (χ2v) is 6.92. The van der Waals surface area contributed by atoms with Crippen molar-refractivity contribution in [2.45, 2.75) is 26.3 Å². The van der Waals surface area contributed by atoms with Crippen molar-refractivity contribution in [1.82, 2.24) is 4.90 Å². The Kier molecular flexibility index (Phi) is 5.84. The summed E-state index contributed by atoms with van der Waals surface area (Å²) in [6.07, 6.45) is 2.13. The smallest absolute Gasteiger partial charge is 0.255 e. The molecule has 25 heavy (non-hydrogen) atoms. The van der Waals surface area contributed by atoms with E-state index in [0.717, 1.165) is 38.2 Å². The molecule has 132 valence electrons. The summed E-state index contributed by atoms with van der Waals surface area (Å²) >= 11 is 0. The number of hydrogen-bond donors (Lipinski definition) is 2. The van der Waals surface area contributed by atoms with Crippen LogP contribution in [0.5, 0.6) is 0 Å². The standard InChI is InChI=1S/C21H26N2O2/c1-16-2-8-20(9-3-16)22-21(25)19-6-4-17(5-7-19)14-23-12-10-18(15-24)11-13-23/h2-9,18,24H,10-15H2,1H3,(H,22,25). The van der Waals surface area contributed by atoms with Crippen molar-refractivity contribution < 1.29 is 9.90 Å². The number of aliphatic hydroxyl groups excluding tert-OH is 1. The number of likely N-dealkylation sites (tertiary alicyclic amines) is 1. The van der Waals surface area contributed by atoms with E-state index < -0.39 is 0 Å². The van der Waals surface area contributed by atoms with E-state index in [4.69, 9.17) is 0 Å². The van der Waals surface area contributed by atoms with E-state index in [-0.39, 0.29) is 5.91 Å². The summed E-state index contributed by atoms with van der Waals surface area (Å²) in [7, 11) is 0. The van der Waals surface area contributed by atoms with Crippen LogP contribution in [-0.4, -0.2) is 35.6 Å². The highest BCUT2D eigenvalue weighted by atomic mass is 16.3. The maximum Gasteiger partial charge on any atom is 0.255 e. The summed E-state index contributed by atoms with van der Waals surface area (Å²) in [6.45, 7) is 5.29. The molecular weight excluding hydrogens is 312 g/mol. The summed E-state index contributed by atoms with van der Waals surface area (Å²) in [6, 6.07) is 15.6. The number of aryl methyl sites for hydroxylation is 1. The van der Waals surface area contributed by atoms with Crippen LogP contribution >= 0.6 is 0 Å². The van der Waals surface area contributed by atoms with Gasteiger partial charge in [-0.2, -0.15) is 0 Å². The predicted molar refractivity (Wildman–Crippen MR) is 101 cm³/mol. The first-order valence-corrected chi connectivity index (χ1v) is 8.94. The van der Waals surface area contributed by atoms with Gasteiger partial charge in [0.1, 0.15) is 0 Å². The molecule has 0 radical (unpaired) electrons. The molecule has 1 aliphatic heterocycles. The minimum Gasteiger partial charge on any atom is -0.396 e. The molecule has 0 atom stereocenters. The zero-order chi connectivity index (χ0) is 17.6. The summed E-state index contributed by atoms with van der Waals surface area (Å²) < 4.78 is 0. The molecule has 0 spiro atoms. The second-order valence-electron chi connectivity index (χ2n) is 6.92. The first kappa shape index (κ1) is 17.6. The van der Waals surface area contributed by atoms with Crippen molar-refractivity contribution in [3.63, 3.8) is 0 Å². The fourth-order valence-electron chi connectivity index (χ4n) is 3.19. The third-order valence-corrected chi connectivity index (χ3v) is 4.90. The largest absolute Gasteiger partial charge is 0.396 e. The molecule has 2 N–H and O–H groups in total. The van der Waals surface area contributed by atoms with Crippen LogP contribution in [0.3, 0.4) is 0 Å². The third kappa shape index (κ3) is 4.91. The molecule has 0 unspecified atom stereocenters. The van der Waals surface area contributed by atoms with Crippen LogP contribution in [0.4, 0.5) is 5.69 Å². The highest BCUT2D eigenvalue weighted by Crippen LogP contribution is 2.19. The molecule has 1 fully saturated rings. The minimum absolute atomic E-state index is 0.0841. The lowest BCUT2D eigenvalue weighted by atomic mass is 9.97. The summed E-state index contributed by atoms with van der Waals surface area (Å²) in [4.78, 5) is 14.7.